The first kappa shape index (κ1) is 13.9. The van der Waals surface area contributed by atoms with Crippen LogP contribution in [0.4, 0.5) is 0 Å². The zero-order chi connectivity index (χ0) is 13.8. The second-order valence-electron chi connectivity index (χ2n) is 5.68. The molecule has 1 heterocycles. The summed E-state index contributed by atoms with van der Waals surface area (Å²) in [7, 11) is 0. The molecule has 0 fully saturated rings. The van der Waals surface area contributed by atoms with Crippen molar-refractivity contribution in [1.29, 1.82) is 0 Å². The first-order chi connectivity index (χ1) is 9.08. The van der Waals surface area contributed by atoms with Crippen molar-refractivity contribution in [3.8, 4) is 5.69 Å². The van der Waals surface area contributed by atoms with Crippen LogP contribution in [0.3, 0.4) is 0 Å². The summed E-state index contributed by atoms with van der Waals surface area (Å²) in [6.07, 6.45) is 2.14. The molecule has 0 saturated heterocycles. The van der Waals surface area contributed by atoms with Gasteiger partial charge in [0, 0.05) is 24.1 Å². The van der Waals surface area contributed by atoms with Crippen molar-refractivity contribution >= 4 is 0 Å². The summed E-state index contributed by atoms with van der Waals surface area (Å²) in [5.74, 6) is 0.685. The molecule has 0 bridgehead atoms. The third kappa shape index (κ3) is 3.48. The van der Waals surface area contributed by atoms with Crippen molar-refractivity contribution < 1.29 is 0 Å². The Morgan fingerprint density at radius 1 is 1.16 bits per heavy atom. The molecule has 0 unspecified atom stereocenters. The van der Waals surface area contributed by atoms with Gasteiger partial charge in [-0.2, -0.15) is 0 Å². The van der Waals surface area contributed by atoms with Gasteiger partial charge in [0.05, 0.1) is 0 Å². The first-order valence-electron chi connectivity index (χ1n) is 7.02. The average Bonchev–Trinajstić information content (AvgIpc) is 2.77. The number of hydrogen-bond acceptors (Lipinski definition) is 1. The zero-order valence-electron chi connectivity index (χ0n) is 12.4. The molecule has 1 N–H and O–H groups in total. The van der Waals surface area contributed by atoms with Gasteiger partial charge in [0.15, 0.2) is 0 Å². The Morgan fingerprint density at radius 2 is 1.95 bits per heavy atom. The summed E-state index contributed by atoms with van der Waals surface area (Å²) in [5, 5.41) is 3.51. The van der Waals surface area contributed by atoms with Gasteiger partial charge in [0.25, 0.3) is 0 Å². The quantitative estimate of drug-likeness (QED) is 0.860. The van der Waals surface area contributed by atoms with E-state index in [2.05, 4.69) is 74.1 Å². The topological polar surface area (TPSA) is 17.0 Å². The summed E-state index contributed by atoms with van der Waals surface area (Å²) >= 11 is 0. The van der Waals surface area contributed by atoms with Crippen LogP contribution in [-0.4, -0.2) is 11.1 Å². The lowest BCUT2D eigenvalue weighted by atomic mass is 10.1. The Morgan fingerprint density at radius 3 is 2.63 bits per heavy atom. The van der Waals surface area contributed by atoms with Gasteiger partial charge in [-0.1, -0.05) is 31.5 Å². The van der Waals surface area contributed by atoms with Gasteiger partial charge in [0.1, 0.15) is 0 Å². The molecule has 0 aliphatic carbocycles. The van der Waals surface area contributed by atoms with Crippen LogP contribution < -0.4 is 5.32 Å². The molecule has 0 atom stereocenters. The minimum atomic E-state index is 0.685. The monoisotopic (exact) mass is 256 g/mol. The normalized spacial score (nSPS) is 11.2. The fourth-order valence-corrected chi connectivity index (χ4v) is 2.36. The summed E-state index contributed by atoms with van der Waals surface area (Å²) in [6.45, 7) is 10.7. The molecule has 2 nitrogen and oxygen atoms in total. The number of nitrogens with zero attached hydrogens (tertiary/aromatic N) is 1. The molecule has 2 aromatic rings. The Balaban J connectivity index is 2.19. The molecule has 1 aromatic carbocycles. The van der Waals surface area contributed by atoms with Crippen molar-refractivity contribution in [1.82, 2.24) is 9.88 Å². The van der Waals surface area contributed by atoms with Crippen LogP contribution in [0.2, 0.25) is 0 Å². The van der Waals surface area contributed by atoms with Gasteiger partial charge in [-0.15, -0.1) is 0 Å². The number of aryl methyl sites for hydroxylation is 2. The van der Waals surface area contributed by atoms with Gasteiger partial charge in [0.2, 0.25) is 0 Å². The van der Waals surface area contributed by atoms with Crippen LogP contribution in [0.25, 0.3) is 5.69 Å². The highest BCUT2D eigenvalue weighted by Crippen LogP contribution is 2.18. The Hall–Kier alpha value is -1.54. The number of rotatable bonds is 5. The Kier molecular flexibility index (Phi) is 4.43. The minimum absolute atomic E-state index is 0.685. The van der Waals surface area contributed by atoms with E-state index in [9.17, 15) is 0 Å². The maximum absolute atomic E-state index is 3.51. The fraction of sp³-hybridized carbons (Fsp3) is 0.412. The number of nitrogens with one attached hydrogen (secondary N) is 1. The van der Waals surface area contributed by atoms with Crippen molar-refractivity contribution in [2.45, 2.75) is 34.2 Å². The average molecular weight is 256 g/mol. The first-order valence-corrected chi connectivity index (χ1v) is 7.02. The molecule has 0 amide bonds. The van der Waals surface area contributed by atoms with Gasteiger partial charge < -0.3 is 9.88 Å². The maximum atomic E-state index is 3.51. The van der Waals surface area contributed by atoms with Gasteiger partial charge in [-0.25, -0.2) is 0 Å². The lowest BCUT2D eigenvalue weighted by molar-refractivity contribution is 0.545. The molecule has 2 rings (SSSR count). The molecule has 19 heavy (non-hydrogen) atoms. The highest BCUT2D eigenvalue weighted by atomic mass is 15.0. The zero-order valence-corrected chi connectivity index (χ0v) is 12.4. The molecule has 0 spiro atoms. The van der Waals surface area contributed by atoms with E-state index in [0.29, 0.717) is 5.92 Å². The number of aromatic nitrogens is 1. The van der Waals surface area contributed by atoms with Crippen molar-refractivity contribution in [3.63, 3.8) is 0 Å². The van der Waals surface area contributed by atoms with Crippen LogP contribution >= 0.6 is 0 Å². The molecule has 1 aromatic heterocycles. The largest absolute Gasteiger partial charge is 0.319 e. The highest BCUT2D eigenvalue weighted by Gasteiger charge is 2.06. The molecule has 0 saturated carbocycles. The Bertz CT molecular complexity index is 538. The van der Waals surface area contributed by atoms with E-state index in [-0.39, 0.29) is 0 Å². The van der Waals surface area contributed by atoms with Crippen LogP contribution in [0.15, 0.2) is 36.5 Å². The van der Waals surface area contributed by atoms with E-state index < -0.39 is 0 Å². The molecule has 0 aliphatic heterocycles. The molecular formula is C17H24N2. The van der Waals surface area contributed by atoms with E-state index in [1.165, 1.54) is 22.5 Å². The van der Waals surface area contributed by atoms with Crippen LogP contribution in [0.5, 0.6) is 0 Å². The predicted octanol–water partition coefficient (Wildman–Crippen LogP) is 3.84. The molecule has 0 radical (unpaired) electrons. The number of benzene rings is 1. The molecule has 102 valence electrons. The third-order valence-corrected chi connectivity index (χ3v) is 3.30. The summed E-state index contributed by atoms with van der Waals surface area (Å²) in [6, 6.07) is 10.9. The van der Waals surface area contributed by atoms with E-state index in [1.54, 1.807) is 0 Å². The minimum Gasteiger partial charge on any atom is -0.319 e. The summed E-state index contributed by atoms with van der Waals surface area (Å²) in [5.41, 5.74) is 5.22. The van der Waals surface area contributed by atoms with Crippen LogP contribution in [0.1, 0.15) is 30.7 Å². The molecular weight excluding hydrogens is 232 g/mol. The maximum Gasteiger partial charge on any atom is 0.0482 e. The van der Waals surface area contributed by atoms with Crippen LogP contribution in [-0.2, 0) is 6.54 Å². The van der Waals surface area contributed by atoms with E-state index in [0.717, 1.165) is 13.1 Å². The third-order valence-electron chi connectivity index (χ3n) is 3.30. The predicted molar refractivity (Wildman–Crippen MR) is 81.8 cm³/mol. The lowest BCUT2D eigenvalue weighted by Gasteiger charge is -2.14. The molecule has 2 heteroatoms. The number of hydrogen-bond donors (Lipinski definition) is 1. The van der Waals surface area contributed by atoms with Crippen molar-refractivity contribution in [2.75, 3.05) is 6.54 Å². The fourth-order valence-electron chi connectivity index (χ4n) is 2.36. The van der Waals surface area contributed by atoms with Gasteiger partial charge in [-0.3, -0.25) is 0 Å². The van der Waals surface area contributed by atoms with E-state index >= 15 is 0 Å². The Labute approximate surface area is 116 Å². The van der Waals surface area contributed by atoms with Crippen molar-refractivity contribution in [3.05, 3.63) is 53.3 Å². The summed E-state index contributed by atoms with van der Waals surface area (Å²) < 4.78 is 2.28. The lowest BCUT2D eigenvalue weighted by Crippen LogP contribution is -2.20. The SMILES string of the molecule is Cc1ccc(-n2cccc2CNCC(C)C)c(C)c1. The van der Waals surface area contributed by atoms with Crippen LogP contribution in [0, 0.1) is 19.8 Å². The molecule has 0 aliphatic rings. The second kappa shape index (κ2) is 6.07. The highest BCUT2D eigenvalue weighted by molar-refractivity contribution is 5.44. The second-order valence-corrected chi connectivity index (χ2v) is 5.68. The van der Waals surface area contributed by atoms with Gasteiger partial charge in [-0.05, 0) is 50.1 Å². The smallest absolute Gasteiger partial charge is 0.0482 e. The van der Waals surface area contributed by atoms with E-state index in [1.807, 2.05) is 0 Å². The standard InChI is InChI=1S/C17H24N2/c1-13(2)11-18-12-16-6-5-9-19(16)17-8-7-14(3)10-15(17)4/h5-10,13,18H,11-12H2,1-4H3. The van der Waals surface area contributed by atoms with Gasteiger partial charge >= 0.3 is 0 Å². The van der Waals surface area contributed by atoms with E-state index in [4.69, 9.17) is 0 Å². The van der Waals surface area contributed by atoms with Crippen molar-refractivity contribution in [2.24, 2.45) is 5.92 Å². The summed E-state index contributed by atoms with van der Waals surface area (Å²) in [4.78, 5) is 0.